The molecule has 1 N–H and O–H groups in total. The van der Waals surface area contributed by atoms with Gasteiger partial charge in [-0.15, -0.1) is 0 Å². The van der Waals surface area contributed by atoms with Crippen LogP contribution < -0.4 is 0 Å². The lowest BCUT2D eigenvalue weighted by Crippen LogP contribution is -1.96. The van der Waals surface area contributed by atoms with E-state index in [0.29, 0.717) is 24.3 Å². The first-order valence-electron chi connectivity index (χ1n) is 5.56. The summed E-state index contributed by atoms with van der Waals surface area (Å²) < 4.78 is 17.9. The molecule has 0 saturated heterocycles. The van der Waals surface area contributed by atoms with Crippen molar-refractivity contribution < 1.29 is 18.8 Å². The van der Waals surface area contributed by atoms with Crippen molar-refractivity contribution in [1.82, 2.24) is 10.1 Å². The number of hydrogen-bond acceptors (Lipinski definition) is 4. The maximum Gasteiger partial charge on any atom is 0.303 e. The van der Waals surface area contributed by atoms with Crippen LogP contribution in [0.5, 0.6) is 0 Å². The Kier molecular flexibility index (Phi) is 4.11. The molecule has 0 amide bonds. The van der Waals surface area contributed by atoms with Crippen LogP contribution in [0.1, 0.15) is 18.7 Å². The van der Waals surface area contributed by atoms with E-state index in [0.717, 1.165) is 6.07 Å². The molecule has 0 aliphatic heterocycles. The Morgan fingerprint density at radius 2 is 2.26 bits per heavy atom. The van der Waals surface area contributed by atoms with Crippen molar-refractivity contribution in [3.8, 4) is 11.4 Å². The number of carbonyl (C=O) groups is 1. The highest BCUT2D eigenvalue weighted by Gasteiger charge is 2.12. The van der Waals surface area contributed by atoms with Gasteiger partial charge in [0.25, 0.3) is 0 Å². The third kappa shape index (κ3) is 3.51. The van der Waals surface area contributed by atoms with Crippen LogP contribution in [0.15, 0.2) is 22.7 Å². The zero-order valence-electron chi connectivity index (χ0n) is 9.77. The topological polar surface area (TPSA) is 76.2 Å². The second kappa shape index (κ2) is 5.79. The highest BCUT2D eigenvalue weighted by Crippen LogP contribution is 2.26. The van der Waals surface area contributed by atoms with Gasteiger partial charge in [0, 0.05) is 18.4 Å². The van der Waals surface area contributed by atoms with E-state index >= 15 is 0 Å². The number of carboxylic acid groups (broad SMARTS) is 1. The van der Waals surface area contributed by atoms with Gasteiger partial charge in [-0.3, -0.25) is 4.79 Å². The van der Waals surface area contributed by atoms with Crippen molar-refractivity contribution in [2.75, 3.05) is 0 Å². The van der Waals surface area contributed by atoms with Crippen LogP contribution >= 0.6 is 11.6 Å². The van der Waals surface area contributed by atoms with Gasteiger partial charge in [0.2, 0.25) is 11.7 Å². The molecule has 0 bridgehead atoms. The quantitative estimate of drug-likeness (QED) is 0.913. The lowest BCUT2D eigenvalue weighted by molar-refractivity contribution is -0.137. The smallest absolute Gasteiger partial charge is 0.303 e. The van der Waals surface area contributed by atoms with Gasteiger partial charge in [-0.05, 0) is 24.6 Å². The molecule has 0 unspecified atom stereocenters. The molecule has 2 aromatic rings. The van der Waals surface area contributed by atoms with Crippen LogP contribution in [0.25, 0.3) is 11.4 Å². The number of aromatic nitrogens is 2. The van der Waals surface area contributed by atoms with Crippen LogP contribution in [0.4, 0.5) is 4.39 Å². The number of hydrogen-bond donors (Lipinski definition) is 1. The van der Waals surface area contributed by atoms with Gasteiger partial charge in [0.1, 0.15) is 5.82 Å². The van der Waals surface area contributed by atoms with E-state index < -0.39 is 11.8 Å². The maximum atomic E-state index is 12.9. The summed E-state index contributed by atoms with van der Waals surface area (Å²) in [5.74, 6) is -0.729. The van der Waals surface area contributed by atoms with E-state index in [1.165, 1.54) is 12.1 Å². The Morgan fingerprint density at radius 1 is 1.47 bits per heavy atom. The minimum absolute atomic E-state index is 0.0367. The number of halogens is 2. The molecule has 1 aromatic carbocycles. The predicted octanol–water partition coefficient (Wildman–Crippen LogP) is 2.94. The van der Waals surface area contributed by atoms with Gasteiger partial charge in [-0.25, -0.2) is 4.39 Å². The number of aliphatic carboxylic acids is 1. The third-order valence-electron chi connectivity index (χ3n) is 2.42. The normalized spacial score (nSPS) is 10.6. The second-order valence-corrected chi connectivity index (χ2v) is 4.29. The minimum Gasteiger partial charge on any atom is -0.481 e. The molecule has 5 nitrogen and oxygen atoms in total. The fourth-order valence-corrected chi connectivity index (χ4v) is 1.78. The van der Waals surface area contributed by atoms with E-state index in [-0.39, 0.29) is 17.3 Å². The van der Waals surface area contributed by atoms with Crippen molar-refractivity contribution in [3.63, 3.8) is 0 Å². The largest absolute Gasteiger partial charge is 0.481 e. The number of aryl methyl sites for hydroxylation is 1. The summed E-state index contributed by atoms with van der Waals surface area (Å²) in [5.41, 5.74) is 0.469. The molecular formula is C12H10ClFN2O3. The van der Waals surface area contributed by atoms with Crippen molar-refractivity contribution in [2.45, 2.75) is 19.3 Å². The molecule has 0 aliphatic rings. The summed E-state index contributed by atoms with van der Waals surface area (Å²) >= 11 is 5.88. The highest BCUT2D eigenvalue weighted by molar-refractivity contribution is 6.33. The Hall–Kier alpha value is -1.95. The van der Waals surface area contributed by atoms with Crippen LogP contribution in [0.3, 0.4) is 0 Å². The van der Waals surface area contributed by atoms with E-state index in [9.17, 15) is 9.18 Å². The van der Waals surface area contributed by atoms with Crippen molar-refractivity contribution in [2.24, 2.45) is 0 Å². The first-order valence-corrected chi connectivity index (χ1v) is 5.94. The maximum absolute atomic E-state index is 12.9. The summed E-state index contributed by atoms with van der Waals surface area (Å²) in [4.78, 5) is 14.5. The summed E-state index contributed by atoms with van der Waals surface area (Å²) in [6.45, 7) is 0. The monoisotopic (exact) mass is 284 g/mol. The highest BCUT2D eigenvalue weighted by atomic mass is 35.5. The summed E-state index contributed by atoms with van der Waals surface area (Å²) in [5, 5.41) is 12.4. The molecule has 0 spiro atoms. The molecule has 1 aromatic heterocycles. The molecule has 1 heterocycles. The van der Waals surface area contributed by atoms with Gasteiger partial charge in [-0.1, -0.05) is 16.8 Å². The summed E-state index contributed by atoms with van der Waals surface area (Å²) in [6.07, 6.45) is 0.821. The lowest BCUT2D eigenvalue weighted by Gasteiger charge is -1.97. The molecule has 0 atom stereocenters. The number of benzene rings is 1. The Morgan fingerprint density at radius 3 is 2.95 bits per heavy atom. The van der Waals surface area contributed by atoms with E-state index in [2.05, 4.69) is 10.1 Å². The standard InChI is InChI=1S/C12H10ClFN2O3/c13-9-6-7(14)4-5-8(9)12-15-10(19-16-12)2-1-3-11(17)18/h4-6H,1-3H2,(H,17,18). The van der Waals surface area contributed by atoms with Crippen LogP contribution in [-0.2, 0) is 11.2 Å². The SMILES string of the molecule is O=C(O)CCCc1nc(-c2ccc(F)cc2Cl)no1. The van der Waals surface area contributed by atoms with Gasteiger partial charge in [0.15, 0.2) is 0 Å². The zero-order valence-corrected chi connectivity index (χ0v) is 10.5. The molecule has 7 heteroatoms. The van der Waals surface area contributed by atoms with Gasteiger partial charge in [0.05, 0.1) is 5.02 Å². The first-order chi connectivity index (χ1) is 9.06. The Bertz CT molecular complexity index is 600. The Labute approximate surface area is 113 Å². The van der Waals surface area contributed by atoms with Crippen LogP contribution in [0, 0.1) is 5.82 Å². The van der Waals surface area contributed by atoms with Gasteiger partial charge < -0.3 is 9.63 Å². The molecule has 0 radical (unpaired) electrons. The number of rotatable bonds is 5. The molecule has 0 aliphatic carbocycles. The van der Waals surface area contributed by atoms with Crippen LogP contribution in [0.2, 0.25) is 5.02 Å². The lowest BCUT2D eigenvalue weighted by atomic mass is 10.2. The van der Waals surface area contributed by atoms with Crippen LogP contribution in [-0.4, -0.2) is 21.2 Å². The molecule has 100 valence electrons. The number of carboxylic acids is 1. The molecule has 0 saturated carbocycles. The fraction of sp³-hybridized carbons (Fsp3) is 0.250. The van der Waals surface area contributed by atoms with E-state index in [1.54, 1.807) is 0 Å². The van der Waals surface area contributed by atoms with Gasteiger partial charge in [-0.2, -0.15) is 4.98 Å². The minimum atomic E-state index is -0.874. The van der Waals surface area contributed by atoms with Gasteiger partial charge >= 0.3 is 5.97 Å². The Balaban J connectivity index is 2.10. The zero-order chi connectivity index (χ0) is 13.8. The molecule has 19 heavy (non-hydrogen) atoms. The van der Waals surface area contributed by atoms with Crippen molar-refractivity contribution in [3.05, 3.63) is 34.9 Å². The number of nitrogens with zero attached hydrogens (tertiary/aromatic N) is 2. The summed E-state index contributed by atoms with van der Waals surface area (Å²) in [7, 11) is 0. The van der Waals surface area contributed by atoms with Crippen molar-refractivity contribution >= 4 is 17.6 Å². The first kappa shape index (κ1) is 13.5. The predicted molar refractivity (Wildman–Crippen MR) is 65.3 cm³/mol. The summed E-state index contributed by atoms with van der Waals surface area (Å²) in [6, 6.07) is 3.88. The van der Waals surface area contributed by atoms with E-state index in [4.69, 9.17) is 21.2 Å². The average Bonchev–Trinajstić information content (AvgIpc) is 2.77. The molecule has 0 fully saturated rings. The second-order valence-electron chi connectivity index (χ2n) is 3.88. The van der Waals surface area contributed by atoms with E-state index in [1.807, 2.05) is 0 Å². The average molecular weight is 285 g/mol. The molecule has 2 rings (SSSR count). The fourth-order valence-electron chi connectivity index (χ4n) is 1.53. The van der Waals surface area contributed by atoms with Crippen molar-refractivity contribution in [1.29, 1.82) is 0 Å². The molecular weight excluding hydrogens is 275 g/mol. The third-order valence-corrected chi connectivity index (χ3v) is 2.73.